The molecule has 0 bridgehead atoms. The molecule has 0 spiro atoms. The summed E-state index contributed by atoms with van der Waals surface area (Å²) in [6, 6.07) is 26.8. The number of hydrogen-bond donors (Lipinski definition) is 0. The van der Waals surface area contributed by atoms with Crippen LogP contribution in [-0.2, 0) is 0 Å². The minimum absolute atomic E-state index is 0.277. The van der Waals surface area contributed by atoms with E-state index in [0.29, 0.717) is 11.3 Å². The highest BCUT2D eigenvalue weighted by atomic mass is 19.1. The molecule has 1 aromatic heterocycles. The molecule has 3 aromatic carbocycles. The van der Waals surface area contributed by atoms with Crippen LogP contribution < -0.4 is 0 Å². The summed E-state index contributed by atoms with van der Waals surface area (Å²) in [7, 11) is 0. The maximum Gasteiger partial charge on any atom is 0.157 e. The second kappa shape index (κ2) is 5.65. The average Bonchev–Trinajstić information content (AvgIpc) is 2.63. The minimum Gasteiger partial charge on any atom is -0.245 e. The summed E-state index contributed by atoms with van der Waals surface area (Å²) in [6.45, 7) is 0. The Morgan fingerprint density at radius 2 is 1.17 bits per heavy atom. The molecule has 0 aliphatic rings. The first-order valence-electron chi connectivity index (χ1n) is 7.53. The molecule has 0 saturated carbocycles. The van der Waals surface area contributed by atoms with Crippen LogP contribution in [0.2, 0.25) is 0 Å². The van der Waals surface area contributed by atoms with Gasteiger partial charge >= 0.3 is 0 Å². The Bertz CT molecular complexity index is 963. The number of hydrogen-bond acceptors (Lipinski definition) is 1. The van der Waals surface area contributed by atoms with E-state index in [0.717, 1.165) is 22.0 Å². The summed E-state index contributed by atoms with van der Waals surface area (Å²) in [5.74, 6) is -0.277. The maximum atomic E-state index is 15.3. The predicted octanol–water partition coefficient (Wildman–Crippen LogP) is 5.71. The summed E-state index contributed by atoms with van der Waals surface area (Å²) >= 11 is 0. The van der Waals surface area contributed by atoms with Gasteiger partial charge < -0.3 is 0 Å². The molecule has 1 heterocycles. The zero-order valence-electron chi connectivity index (χ0n) is 12.4. The Balaban J connectivity index is 2.10. The topological polar surface area (TPSA) is 12.9 Å². The first-order valence-corrected chi connectivity index (χ1v) is 7.53. The quantitative estimate of drug-likeness (QED) is 0.462. The van der Waals surface area contributed by atoms with E-state index < -0.39 is 0 Å². The van der Waals surface area contributed by atoms with Gasteiger partial charge in [0.25, 0.3) is 0 Å². The zero-order valence-corrected chi connectivity index (χ0v) is 12.4. The van der Waals surface area contributed by atoms with Crippen molar-refractivity contribution in [1.82, 2.24) is 4.98 Å². The lowest BCUT2D eigenvalue weighted by Crippen LogP contribution is -1.96. The second-order valence-electron chi connectivity index (χ2n) is 5.40. The lowest BCUT2D eigenvalue weighted by Gasteiger charge is -2.12. The maximum absolute atomic E-state index is 15.3. The molecule has 4 rings (SSSR count). The van der Waals surface area contributed by atoms with Crippen molar-refractivity contribution >= 4 is 10.9 Å². The molecule has 110 valence electrons. The Labute approximate surface area is 134 Å². The van der Waals surface area contributed by atoms with Gasteiger partial charge in [0.05, 0.1) is 5.52 Å². The highest BCUT2D eigenvalue weighted by Gasteiger charge is 2.17. The number of benzene rings is 3. The van der Waals surface area contributed by atoms with Crippen LogP contribution in [0.3, 0.4) is 0 Å². The Morgan fingerprint density at radius 1 is 0.609 bits per heavy atom. The summed E-state index contributed by atoms with van der Waals surface area (Å²) in [6.07, 6.45) is 0. The molecule has 0 radical (unpaired) electrons. The molecule has 0 saturated heterocycles. The van der Waals surface area contributed by atoms with Crippen LogP contribution in [0.5, 0.6) is 0 Å². The molecule has 0 atom stereocenters. The van der Waals surface area contributed by atoms with Gasteiger partial charge in [-0.25, -0.2) is 9.37 Å². The first kappa shape index (κ1) is 13.6. The molecule has 0 N–H and O–H groups in total. The van der Waals surface area contributed by atoms with Crippen LogP contribution in [0.1, 0.15) is 0 Å². The van der Waals surface area contributed by atoms with Crippen LogP contribution in [-0.4, -0.2) is 4.98 Å². The number of aromatic nitrogens is 1. The van der Waals surface area contributed by atoms with E-state index in [-0.39, 0.29) is 5.82 Å². The van der Waals surface area contributed by atoms with E-state index >= 15 is 4.39 Å². The molecule has 2 heteroatoms. The van der Waals surface area contributed by atoms with Crippen LogP contribution in [0.25, 0.3) is 33.3 Å². The van der Waals surface area contributed by atoms with Crippen molar-refractivity contribution in [3.8, 4) is 22.4 Å². The zero-order chi connectivity index (χ0) is 15.6. The van der Waals surface area contributed by atoms with Gasteiger partial charge in [-0.3, -0.25) is 0 Å². The van der Waals surface area contributed by atoms with Gasteiger partial charge in [-0.15, -0.1) is 0 Å². The molecule has 4 aromatic rings. The standard InChI is InChI=1S/C21H14FN/c22-20-19(15-9-3-1-4-10-15)17-13-7-8-14-18(17)23-21(20)16-11-5-2-6-12-16/h1-14H. The third-order valence-electron chi connectivity index (χ3n) is 3.94. The fourth-order valence-electron chi connectivity index (χ4n) is 2.86. The number of pyridine rings is 1. The van der Waals surface area contributed by atoms with Gasteiger partial charge in [0.1, 0.15) is 5.69 Å². The summed E-state index contributed by atoms with van der Waals surface area (Å²) < 4.78 is 15.3. The number of halogens is 1. The van der Waals surface area contributed by atoms with Gasteiger partial charge in [-0.05, 0) is 11.6 Å². The number of fused-ring (bicyclic) bond motifs is 1. The largest absolute Gasteiger partial charge is 0.245 e. The minimum atomic E-state index is -0.277. The van der Waals surface area contributed by atoms with E-state index in [1.807, 2.05) is 84.9 Å². The van der Waals surface area contributed by atoms with Crippen molar-refractivity contribution in [2.45, 2.75) is 0 Å². The smallest absolute Gasteiger partial charge is 0.157 e. The lowest BCUT2D eigenvalue weighted by atomic mass is 9.97. The highest BCUT2D eigenvalue weighted by molar-refractivity contribution is 5.97. The molecular formula is C21H14FN. The first-order chi connectivity index (χ1) is 11.3. The summed E-state index contributed by atoms with van der Waals surface area (Å²) in [5, 5.41) is 0.830. The highest BCUT2D eigenvalue weighted by Crippen LogP contribution is 2.35. The molecule has 0 unspecified atom stereocenters. The van der Waals surface area contributed by atoms with Crippen molar-refractivity contribution < 1.29 is 4.39 Å². The second-order valence-corrected chi connectivity index (χ2v) is 5.40. The van der Waals surface area contributed by atoms with Gasteiger partial charge in [-0.1, -0.05) is 78.9 Å². The van der Waals surface area contributed by atoms with E-state index in [2.05, 4.69) is 4.98 Å². The van der Waals surface area contributed by atoms with Crippen LogP contribution in [0, 0.1) is 5.82 Å². The lowest BCUT2D eigenvalue weighted by molar-refractivity contribution is 0.631. The molecule has 0 amide bonds. The van der Waals surface area contributed by atoms with Crippen LogP contribution in [0.15, 0.2) is 84.9 Å². The molecule has 0 aliphatic heterocycles. The van der Waals surface area contributed by atoms with Crippen molar-refractivity contribution in [2.75, 3.05) is 0 Å². The summed E-state index contributed by atoms with van der Waals surface area (Å²) in [5.41, 5.74) is 3.44. The normalized spacial score (nSPS) is 10.8. The fourth-order valence-corrected chi connectivity index (χ4v) is 2.86. The predicted molar refractivity (Wildman–Crippen MR) is 92.6 cm³/mol. The van der Waals surface area contributed by atoms with Gasteiger partial charge in [0, 0.05) is 16.5 Å². The molecule has 0 aliphatic carbocycles. The van der Waals surface area contributed by atoms with Gasteiger partial charge in [0.15, 0.2) is 5.82 Å². The van der Waals surface area contributed by atoms with Crippen LogP contribution >= 0.6 is 0 Å². The summed E-state index contributed by atoms with van der Waals surface area (Å²) in [4.78, 5) is 4.56. The van der Waals surface area contributed by atoms with Crippen molar-refractivity contribution in [1.29, 1.82) is 0 Å². The Hall–Kier alpha value is -3.00. The number of rotatable bonds is 2. The molecule has 23 heavy (non-hydrogen) atoms. The van der Waals surface area contributed by atoms with E-state index in [9.17, 15) is 0 Å². The van der Waals surface area contributed by atoms with E-state index in [4.69, 9.17) is 0 Å². The van der Waals surface area contributed by atoms with Crippen molar-refractivity contribution in [3.05, 3.63) is 90.7 Å². The third kappa shape index (κ3) is 2.38. The van der Waals surface area contributed by atoms with Crippen LogP contribution in [0.4, 0.5) is 4.39 Å². The van der Waals surface area contributed by atoms with Gasteiger partial charge in [-0.2, -0.15) is 0 Å². The van der Waals surface area contributed by atoms with Gasteiger partial charge in [0.2, 0.25) is 0 Å². The van der Waals surface area contributed by atoms with Crippen molar-refractivity contribution in [3.63, 3.8) is 0 Å². The monoisotopic (exact) mass is 299 g/mol. The number of para-hydroxylation sites is 1. The average molecular weight is 299 g/mol. The Kier molecular flexibility index (Phi) is 3.35. The molecule has 0 fully saturated rings. The van der Waals surface area contributed by atoms with Crippen molar-refractivity contribution in [2.24, 2.45) is 0 Å². The molecular weight excluding hydrogens is 285 g/mol. The SMILES string of the molecule is Fc1c(-c2ccccc2)nc2ccccc2c1-c1ccccc1. The Morgan fingerprint density at radius 3 is 1.87 bits per heavy atom. The number of nitrogens with zero attached hydrogens (tertiary/aromatic N) is 1. The fraction of sp³-hybridized carbons (Fsp3) is 0. The molecule has 1 nitrogen and oxygen atoms in total. The third-order valence-corrected chi connectivity index (χ3v) is 3.94. The van der Waals surface area contributed by atoms with E-state index in [1.165, 1.54) is 0 Å². The van der Waals surface area contributed by atoms with E-state index in [1.54, 1.807) is 0 Å².